The first-order valence-electron chi connectivity index (χ1n) is 10.6. The highest BCUT2D eigenvalue weighted by molar-refractivity contribution is 5.73. The summed E-state index contributed by atoms with van der Waals surface area (Å²) in [4.78, 5) is 11.2. The van der Waals surface area contributed by atoms with Crippen molar-refractivity contribution in [2.45, 2.75) is 92.1 Å². The average Bonchev–Trinajstić information content (AvgIpc) is 2.82. The minimum atomic E-state index is -1.97. The van der Waals surface area contributed by atoms with Crippen molar-refractivity contribution in [2.24, 2.45) is 0 Å². The molecule has 15 atom stereocenters. The molecule has 3 aliphatic heterocycles. The Morgan fingerprint density at radius 1 is 0.657 bits per heavy atom. The van der Waals surface area contributed by atoms with E-state index in [2.05, 4.69) is 0 Å². The first-order valence-corrected chi connectivity index (χ1v) is 10.6. The fraction of sp³-hybridized carbons (Fsp3) is 0.944. The van der Waals surface area contributed by atoms with Gasteiger partial charge in [0.15, 0.2) is 25.0 Å². The van der Waals surface area contributed by atoms with Gasteiger partial charge >= 0.3 is 5.97 Å². The zero-order valence-electron chi connectivity index (χ0n) is 17.9. The zero-order valence-corrected chi connectivity index (χ0v) is 17.9. The van der Waals surface area contributed by atoms with E-state index in [0.29, 0.717) is 0 Å². The van der Waals surface area contributed by atoms with Crippen LogP contribution in [-0.4, -0.2) is 167 Å². The molecule has 3 aliphatic rings. The van der Waals surface area contributed by atoms with Crippen LogP contribution in [0.5, 0.6) is 0 Å². The summed E-state index contributed by atoms with van der Waals surface area (Å²) < 4.78 is 25.6. The Hall–Kier alpha value is -1.13. The van der Waals surface area contributed by atoms with Crippen LogP contribution in [-0.2, 0) is 28.5 Å². The van der Waals surface area contributed by atoms with Crippen LogP contribution in [0.1, 0.15) is 0 Å². The quantitative estimate of drug-likeness (QED) is 0.149. The summed E-state index contributed by atoms with van der Waals surface area (Å²) >= 11 is 0. The van der Waals surface area contributed by atoms with E-state index in [0.717, 1.165) is 0 Å². The van der Waals surface area contributed by atoms with Gasteiger partial charge in [-0.15, -0.1) is 0 Å². The van der Waals surface area contributed by atoms with Crippen molar-refractivity contribution in [1.29, 1.82) is 0 Å². The Morgan fingerprint density at radius 3 is 1.86 bits per heavy atom. The van der Waals surface area contributed by atoms with Gasteiger partial charge in [-0.25, -0.2) is 4.79 Å². The van der Waals surface area contributed by atoms with Crippen LogP contribution >= 0.6 is 0 Å². The standard InChI is InChI=1S/C18H30O17/c19-1-3-6(21)13(12(27)16(30)32-3)34-18-11(26)7(22)5(20)4(33-18)2-31-17-10(25)8(23)9(24)14(35-17)15(28)29/h3-14,16-27,30H,1-2H2,(H,28,29)/t3-,4-,5-,6-,7+,8+,9-,10-,11+,12+,13+,14+,16?,17+,18-/m1/s1. The molecule has 0 aromatic heterocycles. The number of carboxylic acid groups (broad SMARTS) is 1. The summed E-state index contributed by atoms with van der Waals surface area (Å²) in [6.45, 7) is -1.50. The minimum Gasteiger partial charge on any atom is -0.479 e. The van der Waals surface area contributed by atoms with E-state index < -0.39 is 111 Å². The SMILES string of the molecule is O=C(O)[C@H]1O[C@H](OC[C@H]2O[C@H](O[C@H]3[C@H](O)[C@@H](CO)OC(O)[C@H]3O)[C@@H](O)[C@@H](O)[C@@H]2O)[C@H](O)[C@@H](O)[C@H]1O. The van der Waals surface area contributed by atoms with Crippen molar-refractivity contribution in [3.05, 3.63) is 0 Å². The maximum absolute atomic E-state index is 11.2. The minimum absolute atomic E-state index is 0.734. The summed E-state index contributed by atoms with van der Waals surface area (Å²) in [5.74, 6) is -1.66. The summed E-state index contributed by atoms with van der Waals surface area (Å²) in [5, 5.41) is 109. The number of carbonyl (C=O) groups is 1. The molecule has 0 bridgehead atoms. The van der Waals surface area contributed by atoms with Crippen LogP contribution in [0, 0.1) is 0 Å². The maximum atomic E-state index is 11.2. The Bertz CT molecular complexity index is 711. The molecular formula is C18H30O17. The number of carboxylic acids is 1. The van der Waals surface area contributed by atoms with Crippen molar-refractivity contribution >= 4 is 5.97 Å². The van der Waals surface area contributed by atoms with Crippen LogP contribution in [0.2, 0.25) is 0 Å². The van der Waals surface area contributed by atoms with Gasteiger partial charge in [-0.3, -0.25) is 0 Å². The molecule has 17 nitrogen and oxygen atoms in total. The van der Waals surface area contributed by atoms with E-state index in [-0.39, 0.29) is 0 Å². The normalized spacial score (nSPS) is 51.2. The molecular weight excluding hydrogens is 488 g/mol. The number of aliphatic carboxylic acids is 1. The number of aliphatic hydroxyl groups is 10. The van der Waals surface area contributed by atoms with E-state index >= 15 is 0 Å². The molecule has 17 heteroatoms. The highest BCUT2D eigenvalue weighted by Gasteiger charge is 2.52. The van der Waals surface area contributed by atoms with Crippen molar-refractivity contribution in [2.75, 3.05) is 13.2 Å². The van der Waals surface area contributed by atoms with Gasteiger partial charge < -0.3 is 79.9 Å². The highest BCUT2D eigenvalue weighted by Crippen LogP contribution is 2.29. The highest BCUT2D eigenvalue weighted by atomic mass is 16.7. The molecule has 0 radical (unpaired) electrons. The molecule has 0 aliphatic carbocycles. The van der Waals surface area contributed by atoms with E-state index in [9.17, 15) is 55.9 Å². The van der Waals surface area contributed by atoms with Gasteiger partial charge in [0.05, 0.1) is 13.2 Å². The van der Waals surface area contributed by atoms with Crippen molar-refractivity contribution in [3.63, 3.8) is 0 Å². The molecule has 204 valence electrons. The molecule has 1 unspecified atom stereocenters. The summed E-state index contributed by atoms with van der Waals surface area (Å²) in [5.41, 5.74) is 0. The number of aliphatic hydroxyl groups excluding tert-OH is 10. The summed E-state index contributed by atoms with van der Waals surface area (Å²) in [6, 6.07) is 0. The lowest BCUT2D eigenvalue weighted by Crippen LogP contribution is -2.65. The summed E-state index contributed by atoms with van der Waals surface area (Å²) in [6.07, 6.45) is -27.2. The van der Waals surface area contributed by atoms with E-state index in [1.807, 2.05) is 0 Å². The van der Waals surface area contributed by atoms with Crippen molar-refractivity contribution in [1.82, 2.24) is 0 Å². The predicted octanol–water partition coefficient (Wildman–Crippen LogP) is -7.48. The molecule has 11 N–H and O–H groups in total. The average molecular weight is 518 g/mol. The Kier molecular flexibility index (Phi) is 9.35. The summed E-state index contributed by atoms with van der Waals surface area (Å²) in [7, 11) is 0. The maximum Gasteiger partial charge on any atom is 0.335 e. The first kappa shape index (κ1) is 28.4. The largest absolute Gasteiger partial charge is 0.479 e. The topological polar surface area (TPSA) is 286 Å². The monoisotopic (exact) mass is 518 g/mol. The Morgan fingerprint density at radius 2 is 1.26 bits per heavy atom. The molecule has 0 saturated carbocycles. The Labute approximate surface area is 196 Å². The lowest BCUT2D eigenvalue weighted by molar-refractivity contribution is -0.361. The number of rotatable bonds is 7. The molecule has 3 heterocycles. The smallest absolute Gasteiger partial charge is 0.335 e. The van der Waals surface area contributed by atoms with Crippen LogP contribution in [0.3, 0.4) is 0 Å². The van der Waals surface area contributed by atoms with Crippen LogP contribution in [0.25, 0.3) is 0 Å². The first-order chi connectivity index (χ1) is 16.4. The van der Waals surface area contributed by atoms with Gasteiger partial charge in [-0.1, -0.05) is 0 Å². The Balaban J connectivity index is 1.68. The molecule has 0 aromatic carbocycles. The molecule has 0 amide bonds. The third-order valence-electron chi connectivity index (χ3n) is 6.04. The second-order valence-corrected chi connectivity index (χ2v) is 8.41. The fourth-order valence-corrected chi connectivity index (χ4v) is 3.93. The molecule has 3 fully saturated rings. The van der Waals surface area contributed by atoms with Crippen molar-refractivity contribution in [3.8, 4) is 0 Å². The lowest BCUT2D eigenvalue weighted by atomic mass is 9.97. The number of ether oxygens (including phenoxy) is 5. The van der Waals surface area contributed by atoms with E-state index in [1.54, 1.807) is 0 Å². The third kappa shape index (κ3) is 5.74. The lowest BCUT2D eigenvalue weighted by Gasteiger charge is -2.45. The van der Waals surface area contributed by atoms with E-state index in [4.69, 9.17) is 28.8 Å². The van der Waals surface area contributed by atoms with Gasteiger partial charge in [0, 0.05) is 0 Å². The van der Waals surface area contributed by atoms with Crippen LogP contribution in [0.4, 0.5) is 0 Å². The van der Waals surface area contributed by atoms with Gasteiger partial charge in [-0.05, 0) is 0 Å². The number of hydrogen-bond acceptors (Lipinski definition) is 16. The molecule has 3 saturated heterocycles. The van der Waals surface area contributed by atoms with Gasteiger partial charge in [-0.2, -0.15) is 0 Å². The molecule has 0 aromatic rings. The fourth-order valence-electron chi connectivity index (χ4n) is 3.93. The predicted molar refractivity (Wildman–Crippen MR) is 102 cm³/mol. The van der Waals surface area contributed by atoms with Crippen LogP contribution in [0.15, 0.2) is 0 Å². The number of hydrogen-bond donors (Lipinski definition) is 11. The van der Waals surface area contributed by atoms with E-state index in [1.165, 1.54) is 0 Å². The molecule has 35 heavy (non-hydrogen) atoms. The van der Waals surface area contributed by atoms with Gasteiger partial charge in [0.25, 0.3) is 0 Å². The second-order valence-electron chi connectivity index (χ2n) is 8.41. The third-order valence-corrected chi connectivity index (χ3v) is 6.04. The van der Waals surface area contributed by atoms with Crippen molar-refractivity contribution < 1.29 is 84.7 Å². The zero-order chi connectivity index (χ0) is 26.2. The van der Waals surface area contributed by atoms with Gasteiger partial charge in [0.2, 0.25) is 0 Å². The molecule has 3 rings (SSSR count). The van der Waals surface area contributed by atoms with Gasteiger partial charge in [0.1, 0.15) is 67.1 Å². The molecule has 0 spiro atoms. The second kappa shape index (κ2) is 11.5. The van der Waals surface area contributed by atoms with Crippen LogP contribution < -0.4 is 0 Å².